The van der Waals surface area contributed by atoms with Gasteiger partial charge < -0.3 is 5.32 Å². The first-order valence-corrected chi connectivity index (χ1v) is 7.21. The summed E-state index contributed by atoms with van der Waals surface area (Å²) in [5.74, 6) is -0.135. The molecule has 16 heavy (non-hydrogen) atoms. The summed E-state index contributed by atoms with van der Waals surface area (Å²) in [5, 5.41) is 5.22. The Kier molecular flexibility index (Phi) is 7.93. The number of thiazole rings is 1. The monoisotopic (exact) mass is 258 g/mol. The average molecular weight is 258 g/mol. The summed E-state index contributed by atoms with van der Waals surface area (Å²) < 4.78 is 0. The normalized spacial score (nSPS) is 10.4. The van der Waals surface area contributed by atoms with Crippen molar-refractivity contribution in [1.29, 1.82) is 0 Å². The Morgan fingerprint density at radius 1 is 1.56 bits per heavy atom. The number of rotatable bonds is 3. The quantitative estimate of drug-likeness (QED) is 0.905. The van der Waals surface area contributed by atoms with Gasteiger partial charge in [0, 0.05) is 17.3 Å². The second-order valence-corrected chi connectivity index (χ2v) is 4.18. The molecule has 0 saturated carbocycles. The van der Waals surface area contributed by atoms with Crippen molar-refractivity contribution in [3.63, 3.8) is 0 Å². The molecule has 0 bridgehead atoms. The van der Waals surface area contributed by atoms with Crippen LogP contribution in [0.15, 0.2) is 11.5 Å². The highest BCUT2D eigenvalue weighted by atomic mass is 32.2. The van der Waals surface area contributed by atoms with Crippen LogP contribution in [0.5, 0.6) is 0 Å². The first kappa shape index (κ1) is 15.2. The number of nitrogens with zero attached hydrogens (tertiary/aromatic N) is 1. The molecule has 1 aromatic heterocycles. The molecule has 1 aromatic rings. The fourth-order valence-corrected chi connectivity index (χ4v) is 2.57. The van der Waals surface area contributed by atoms with E-state index in [0.29, 0.717) is 5.69 Å². The van der Waals surface area contributed by atoms with Gasteiger partial charge in [0.2, 0.25) is 0 Å². The first-order valence-electron chi connectivity index (χ1n) is 5.11. The van der Waals surface area contributed by atoms with Crippen molar-refractivity contribution in [3.8, 4) is 0 Å². The van der Waals surface area contributed by atoms with Crippen LogP contribution in [0.1, 0.15) is 36.3 Å². The van der Waals surface area contributed by atoms with Gasteiger partial charge in [0.15, 0.2) is 0 Å². The minimum Gasteiger partial charge on any atom is -0.354 e. The molecule has 0 aromatic carbocycles. The van der Waals surface area contributed by atoms with Crippen LogP contribution in [0.4, 0.5) is 0 Å². The van der Waals surface area contributed by atoms with E-state index >= 15 is 0 Å². The second-order valence-electron chi connectivity index (χ2n) is 2.47. The van der Waals surface area contributed by atoms with E-state index in [0.717, 1.165) is 9.91 Å². The number of aromatic nitrogens is 1. The smallest absolute Gasteiger partial charge is 0.270 e. The highest BCUT2D eigenvalue weighted by molar-refractivity contribution is 8.07. The average Bonchev–Trinajstić information content (AvgIpc) is 2.82. The van der Waals surface area contributed by atoms with E-state index in [-0.39, 0.29) is 5.91 Å². The zero-order valence-electron chi connectivity index (χ0n) is 10.3. The van der Waals surface area contributed by atoms with Gasteiger partial charge in [-0.25, -0.2) is 4.98 Å². The molecule has 0 radical (unpaired) electrons. The molecular formula is C11H18N2OS2. The predicted octanol–water partition coefficient (Wildman–Crippen LogP) is 3.25. The van der Waals surface area contributed by atoms with Gasteiger partial charge in [0.05, 0.1) is 0 Å². The maximum Gasteiger partial charge on any atom is 0.270 e. The van der Waals surface area contributed by atoms with E-state index in [9.17, 15) is 4.79 Å². The molecule has 1 N–H and O–H groups in total. The lowest BCUT2D eigenvalue weighted by Gasteiger charge is -1.96. The lowest BCUT2D eigenvalue weighted by atomic mass is 10.4. The van der Waals surface area contributed by atoms with Gasteiger partial charge in [-0.3, -0.25) is 4.79 Å². The second kappa shape index (κ2) is 8.35. The van der Waals surface area contributed by atoms with Crippen LogP contribution in [-0.2, 0) is 0 Å². The summed E-state index contributed by atoms with van der Waals surface area (Å²) >= 11 is 3.12. The third-order valence-electron chi connectivity index (χ3n) is 1.66. The minimum absolute atomic E-state index is 0.135. The maximum atomic E-state index is 11.2. The third-order valence-corrected chi connectivity index (χ3v) is 3.53. The van der Waals surface area contributed by atoms with E-state index < -0.39 is 0 Å². The van der Waals surface area contributed by atoms with Crippen molar-refractivity contribution < 1.29 is 4.79 Å². The Bertz CT molecular complexity index is 359. The maximum absolute atomic E-state index is 11.2. The summed E-state index contributed by atoms with van der Waals surface area (Å²) in [6.45, 7) is 5.97. The summed E-state index contributed by atoms with van der Waals surface area (Å²) in [6.07, 6.45) is 3.99. The van der Waals surface area contributed by atoms with Gasteiger partial charge in [0.25, 0.3) is 5.91 Å². The molecule has 3 nitrogen and oxygen atoms in total. The van der Waals surface area contributed by atoms with E-state index in [2.05, 4.69) is 10.3 Å². The first-order chi connectivity index (χ1) is 7.72. The molecule has 1 rings (SSSR count). The van der Waals surface area contributed by atoms with E-state index in [1.54, 1.807) is 24.2 Å². The van der Waals surface area contributed by atoms with Crippen LogP contribution in [0.25, 0.3) is 4.91 Å². The fraction of sp³-hybridized carbons (Fsp3) is 0.455. The molecule has 5 heteroatoms. The minimum atomic E-state index is -0.135. The van der Waals surface area contributed by atoms with Crippen molar-refractivity contribution in [2.24, 2.45) is 0 Å². The lowest BCUT2D eigenvalue weighted by molar-refractivity contribution is 0.0959. The topological polar surface area (TPSA) is 42.0 Å². The molecule has 0 aliphatic heterocycles. The SMILES string of the molecule is C/C=C(\SC)c1nc(C(=O)NC)cs1.CC. The summed E-state index contributed by atoms with van der Waals surface area (Å²) in [6, 6.07) is 0. The Morgan fingerprint density at radius 2 is 2.19 bits per heavy atom. The number of nitrogens with one attached hydrogen (secondary N) is 1. The fourth-order valence-electron chi connectivity index (χ4n) is 0.948. The van der Waals surface area contributed by atoms with Crippen LogP contribution in [0, 0.1) is 0 Å². The highest BCUT2D eigenvalue weighted by Crippen LogP contribution is 2.27. The number of hydrogen-bond acceptors (Lipinski definition) is 4. The summed E-state index contributed by atoms with van der Waals surface area (Å²) in [4.78, 5) is 16.6. The zero-order chi connectivity index (χ0) is 12.6. The van der Waals surface area contributed by atoms with Gasteiger partial charge >= 0.3 is 0 Å². The number of carbonyl (C=O) groups is 1. The summed E-state index contributed by atoms with van der Waals surface area (Å²) in [7, 11) is 1.60. The summed E-state index contributed by atoms with van der Waals surface area (Å²) in [5.41, 5.74) is 0.487. The van der Waals surface area contributed by atoms with E-state index in [4.69, 9.17) is 0 Å². The number of thioether (sulfide) groups is 1. The Balaban J connectivity index is 0.00000106. The van der Waals surface area contributed by atoms with Crippen LogP contribution in [-0.4, -0.2) is 24.2 Å². The molecule has 0 spiro atoms. The van der Waals surface area contributed by atoms with Crippen molar-refractivity contribution in [2.45, 2.75) is 20.8 Å². The molecule has 0 saturated heterocycles. The molecule has 0 fully saturated rings. The van der Waals surface area contributed by atoms with Crippen LogP contribution in [0.2, 0.25) is 0 Å². The standard InChI is InChI=1S/C9H12N2OS2.C2H6/c1-4-7(13-3)9-11-6(5-14-9)8(12)10-2;1-2/h4-5H,1-3H3,(H,10,12);1-2H3/b7-4-;. The van der Waals surface area contributed by atoms with Gasteiger partial charge in [-0.2, -0.15) is 0 Å². The van der Waals surface area contributed by atoms with Gasteiger partial charge in [-0.05, 0) is 13.2 Å². The predicted molar refractivity (Wildman–Crippen MR) is 74.0 cm³/mol. The van der Waals surface area contributed by atoms with E-state index in [1.165, 1.54) is 11.3 Å². The number of carbonyl (C=O) groups excluding carboxylic acids is 1. The third kappa shape index (κ3) is 3.98. The Morgan fingerprint density at radius 3 is 2.62 bits per heavy atom. The van der Waals surface area contributed by atoms with Crippen molar-refractivity contribution in [3.05, 3.63) is 22.2 Å². The zero-order valence-corrected chi connectivity index (χ0v) is 12.0. The van der Waals surface area contributed by atoms with E-state index in [1.807, 2.05) is 33.1 Å². The number of allylic oxidation sites excluding steroid dienone is 1. The molecule has 0 aliphatic carbocycles. The van der Waals surface area contributed by atoms with Gasteiger partial charge in [-0.1, -0.05) is 19.9 Å². The van der Waals surface area contributed by atoms with Gasteiger partial charge in [-0.15, -0.1) is 23.1 Å². The van der Waals surface area contributed by atoms with Crippen LogP contribution in [0.3, 0.4) is 0 Å². The molecular weight excluding hydrogens is 240 g/mol. The Hall–Kier alpha value is -0.810. The number of hydrogen-bond donors (Lipinski definition) is 1. The van der Waals surface area contributed by atoms with Crippen LogP contribution >= 0.6 is 23.1 Å². The molecule has 1 heterocycles. The van der Waals surface area contributed by atoms with Crippen molar-refractivity contribution >= 4 is 33.9 Å². The van der Waals surface area contributed by atoms with Gasteiger partial charge in [0.1, 0.15) is 10.7 Å². The number of amides is 1. The van der Waals surface area contributed by atoms with Crippen molar-refractivity contribution in [1.82, 2.24) is 10.3 Å². The lowest BCUT2D eigenvalue weighted by Crippen LogP contribution is -2.18. The van der Waals surface area contributed by atoms with Crippen LogP contribution < -0.4 is 5.32 Å². The largest absolute Gasteiger partial charge is 0.354 e. The molecule has 0 atom stereocenters. The molecule has 1 amide bonds. The molecule has 0 aliphatic rings. The van der Waals surface area contributed by atoms with Crippen molar-refractivity contribution in [2.75, 3.05) is 13.3 Å². The molecule has 0 unspecified atom stereocenters. The molecule has 90 valence electrons. The highest BCUT2D eigenvalue weighted by Gasteiger charge is 2.10. The Labute approximate surface area is 105 Å².